The molecule has 1 aromatic carbocycles. The van der Waals surface area contributed by atoms with Gasteiger partial charge in [0.15, 0.2) is 5.58 Å². The Morgan fingerprint density at radius 2 is 2.05 bits per heavy atom. The lowest BCUT2D eigenvalue weighted by Crippen LogP contribution is -2.34. The summed E-state index contributed by atoms with van der Waals surface area (Å²) in [5, 5.41) is 0. The number of nitrogen functional groups attached to an aromatic ring is 1. The van der Waals surface area contributed by atoms with Crippen molar-refractivity contribution in [1.82, 2.24) is 9.88 Å². The summed E-state index contributed by atoms with van der Waals surface area (Å²) in [4.78, 5) is 28.6. The molecule has 0 saturated heterocycles. The van der Waals surface area contributed by atoms with Crippen molar-refractivity contribution in [3.05, 3.63) is 22.7 Å². The largest absolute Gasteiger partial charge is 0.417 e. The summed E-state index contributed by atoms with van der Waals surface area (Å²) in [6.07, 6.45) is 0. The quantitative estimate of drug-likeness (QED) is 0.774. The molecule has 0 spiro atoms. The van der Waals surface area contributed by atoms with Crippen molar-refractivity contribution >= 4 is 28.4 Å². The summed E-state index contributed by atoms with van der Waals surface area (Å²) in [5.74, 6) is -0.568. The van der Waals surface area contributed by atoms with E-state index in [4.69, 9.17) is 10.2 Å². The summed E-state index contributed by atoms with van der Waals surface area (Å²) >= 11 is 0. The third-order valence-electron chi connectivity index (χ3n) is 2.85. The predicted molar refractivity (Wildman–Crippen MR) is 73.2 cm³/mol. The summed E-state index contributed by atoms with van der Waals surface area (Å²) < 4.78 is 4.92. The first kappa shape index (κ1) is 13.0. The molecule has 2 rings (SSSR count). The maximum Gasteiger partial charge on any atom is 0.417 e. The number of aromatic amines is 1. The van der Waals surface area contributed by atoms with E-state index in [2.05, 4.69) is 4.98 Å². The second-order valence-corrected chi connectivity index (χ2v) is 4.57. The maximum absolute atomic E-state index is 11.7. The van der Waals surface area contributed by atoms with Crippen LogP contribution in [-0.4, -0.2) is 43.5 Å². The van der Waals surface area contributed by atoms with Gasteiger partial charge in [0.1, 0.15) is 0 Å². The summed E-state index contributed by atoms with van der Waals surface area (Å²) in [7, 11) is 5.14. The summed E-state index contributed by atoms with van der Waals surface area (Å²) in [6, 6.07) is 3.26. The lowest BCUT2D eigenvalue weighted by atomic mass is 10.2. The van der Waals surface area contributed by atoms with Gasteiger partial charge in [-0.15, -0.1) is 0 Å². The van der Waals surface area contributed by atoms with Gasteiger partial charge in [0, 0.05) is 27.2 Å². The predicted octanol–water partition coefficient (Wildman–Crippen LogP) is 0.228. The number of oxazole rings is 1. The van der Waals surface area contributed by atoms with Gasteiger partial charge in [-0.25, -0.2) is 4.79 Å². The molecule has 1 heterocycles. The number of hydrogen-bond acceptors (Lipinski definition) is 5. The monoisotopic (exact) mass is 264 g/mol. The number of benzene rings is 1. The highest BCUT2D eigenvalue weighted by atomic mass is 16.4. The van der Waals surface area contributed by atoms with Gasteiger partial charge in [0.25, 0.3) is 0 Å². The van der Waals surface area contributed by atoms with Gasteiger partial charge in [-0.05, 0) is 6.07 Å². The molecule has 7 heteroatoms. The molecule has 102 valence electrons. The lowest BCUT2D eigenvalue weighted by molar-refractivity contribution is -0.127. The molecule has 2 aromatic rings. The standard InChI is InChI=1S/C12H16N4O3/c1-15(2)11(17)6-16(3)9-5-8-10(4-7(9)13)19-12(18)14-8/h4-5H,6,13H2,1-3H3,(H,14,18). The average molecular weight is 264 g/mol. The number of nitrogens with zero attached hydrogens (tertiary/aromatic N) is 2. The molecule has 7 nitrogen and oxygen atoms in total. The molecular weight excluding hydrogens is 248 g/mol. The molecule has 0 aliphatic carbocycles. The Hall–Kier alpha value is -2.44. The van der Waals surface area contributed by atoms with Gasteiger partial charge in [-0.2, -0.15) is 0 Å². The Kier molecular flexibility index (Phi) is 3.20. The van der Waals surface area contributed by atoms with Crippen molar-refractivity contribution in [2.24, 2.45) is 0 Å². The topological polar surface area (TPSA) is 95.6 Å². The number of rotatable bonds is 3. The Morgan fingerprint density at radius 1 is 1.37 bits per heavy atom. The number of carbonyl (C=O) groups is 1. The van der Waals surface area contributed by atoms with Crippen LogP contribution < -0.4 is 16.4 Å². The van der Waals surface area contributed by atoms with E-state index in [1.807, 2.05) is 0 Å². The fourth-order valence-electron chi connectivity index (χ4n) is 1.76. The van der Waals surface area contributed by atoms with Crippen molar-refractivity contribution in [2.45, 2.75) is 0 Å². The number of anilines is 2. The molecule has 1 amide bonds. The van der Waals surface area contributed by atoms with Crippen LogP contribution in [-0.2, 0) is 4.79 Å². The van der Waals surface area contributed by atoms with Crippen LogP contribution >= 0.6 is 0 Å². The van der Waals surface area contributed by atoms with Crippen molar-refractivity contribution in [2.75, 3.05) is 38.3 Å². The molecule has 0 aliphatic rings. The summed E-state index contributed by atoms with van der Waals surface area (Å²) in [6.45, 7) is 0.199. The van der Waals surface area contributed by atoms with Gasteiger partial charge < -0.3 is 20.0 Å². The number of H-pyrrole nitrogens is 1. The molecule has 0 unspecified atom stereocenters. The molecule has 0 bridgehead atoms. The number of nitrogens with one attached hydrogen (secondary N) is 1. The van der Waals surface area contributed by atoms with Crippen molar-refractivity contribution in [3.8, 4) is 0 Å². The highest BCUT2D eigenvalue weighted by Gasteiger charge is 2.14. The van der Waals surface area contributed by atoms with Crippen LogP contribution in [0.3, 0.4) is 0 Å². The SMILES string of the molecule is CN(C)C(=O)CN(C)c1cc2[nH]c(=O)oc2cc1N. The van der Waals surface area contributed by atoms with Crippen molar-refractivity contribution < 1.29 is 9.21 Å². The van der Waals surface area contributed by atoms with E-state index in [0.29, 0.717) is 22.5 Å². The zero-order chi connectivity index (χ0) is 14.2. The number of amides is 1. The van der Waals surface area contributed by atoms with Crippen LogP contribution in [0.1, 0.15) is 0 Å². The fraction of sp³-hybridized carbons (Fsp3) is 0.333. The smallest absolute Gasteiger partial charge is 0.408 e. The molecular formula is C12H16N4O3. The van der Waals surface area contributed by atoms with E-state index in [0.717, 1.165) is 0 Å². The van der Waals surface area contributed by atoms with Gasteiger partial charge in [-0.1, -0.05) is 0 Å². The Morgan fingerprint density at radius 3 is 2.68 bits per heavy atom. The molecule has 0 radical (unpaired) electrons. The first-order chi connectivity index (χ1) is 8.88. The molecule has 0 saturated carbocycles. The van der Waals surface area contributed by atoms with E-state index in [9.17, 15) is 9.59 Å². The van der Waals surface area contributed by atoms with Gasteiger partial charge in [0.05, 0.1) is 23.4 Å². The average Bonchev–Trinajstić information content (AvgIpc) is 2.66. The molecule has 3 N–H and O–H groups in total. The number of fused-ring (bicyclic) bond motifs is 1. The summed E-state index contributed by atoms with van der Waals surface area (Å²) in [5.41, 5.74) is 7.98. The highest BCUT2D eigenvalue weighted by molar-refractivity contribution is 5.88. The maximum atomic E-state index is 11.7. The third kappa shape index (κ3) is 2.54. The number of carbonyl (C=O) groups excluding carboxylic acids is 1. The Labute approximate surface area is 109 Å². The van der Waals surface area contributed by atoms with Gasteiger partial charge in [0.2, 0.25) is 5.91 Å². The van der Waals surface area contributed by atoms with Crippen LogP contribution in [0.15, 0.2) is 21.3 Å². The number of likely N-dealkylation sites (N-methyl/N-ethyl adjacent to an activating group) is 2. The molecule has 0 atom stereocenters. The second-order valence-electron chi connectivity index (χ2n) is 4.57. The second kappa shape index (κ2) is 4.68. The fourth-order valence-corrected chi connectivity index (χ4v) is 1.76. The molecule has 0 aliphatic heterocycles. The minimum Gasteiger partial charge on any atom is -0.408 e. The van der Waals surface area contributed by atoms with E-state index in [1.54, 1.807) is 38.2 Å². The van der Waals surface area contributed by atoms with Crippen LogP contribution in [0, 0.1) is 0 Å². The van der Waals surface area contributed by atoms with E-state index < -0.39 is 5.76 Å². The Balaban J connectivity index is 2.35. The first-order valence-corrected chi connectivity index (χ1v) is 5.72. The van der Waals surface area contributed by atoms with E-state index in [-0.39, 0.29) is 12.5 Å². The Bertz CT molecular complexity index is 671. The number of hydrogen-bond donors (Lipinski definition) is 2. The lowest BCUT2D eigenvalue weighted by Gasteiger charge is -2.22. The molecule has 19 heavy (non-hydrogen) atoms. The molecule has 0 fully saturated rings. The van der Waals surface area contributed by atoms with Crippen LogP contribution in [0.25, 0.3) is 11.1 Å². The first-order valence-electron chi connectivity index (χ1n) is 5.72. The van der Waals surface area contributed by atoms with Crippen LogP contribution in [0.2, 0.25) is 0 Å². The van der Waals surface area contributed by atoms with Crippen molar-refractivity contribution in [3.63, 3.8) is 0 Å². The highest BCUT2D eigenvalue weighted by Crippen LogP contribution is 2.27. The van der Waals surface area contributed by atoms with Crippen LogP contribution in [0.4, 0.5) is 11.4 Å². The van der Waals surface area contributed by atoms with Gasteiger partial charge in [-0.3, -0.25) is 9.78 Å². The number of aromatic nitrogens is 1. The zero-order valence-corrected chi connectivity index (χ0v) is 11.1. The normalized spacial score (nSPS) is 10.7. The van der Waals surface area contributed by atoms with E-state index >= 15 is 0 Å². The van der Waals surface area contributed by atoms with Crippen LogP contribution in [0.5, 0.6) is 0 Å². The minimum absolute atomic E-state index is 0.0392. The van der Waals surface area contributed by atoms with Crippen molar-refractivity contribution in [1.29, 1.82) is 0 Å². The molecule has 1 aromatic heterocycles. The van der Waals surface area contributed by atoms with Gasteiger partial charge >= 0.3 is 5.76 Å². The minimum atomic E-state index is -0.529. The zero-order valence-electron chi connectivity index (χ0n) is 11.1. The van der Waals surface area contributed by atoms with E-state index in [1.165, 1.54) is 4.90 Å². The number of nitrogens with two attached hydrogens (primary N) is 1. The third-order valence-corrected chi connectivity index (χ3v) is 2.85.